The highest BCUT2D eigenvalue weighted by molar-refractivity contribution is 5.95. The molecule has 1 atom stereocenters. The van der Waals surface area contributed by atoms with Gasteiger partial charge in [-0.2, -0.15) is 5.26 Å². The van der Waals surface area contributed by atoms with E-state index in [1.165, 1.54) is 12.1 Å². The lowest BCUT2D eigenvalue weighted by Gasteiger charge is -2.26. The largest absolute Gasteiger partial charge is 0.395 e. The number of hydrogen-bond donors (Lipinski definition) is 4. The van der Waals surface area contributed by atoms with E-state index in [9.17, 15) is 19.6 Å². The van der Waals surface area contributed by atoms with Crippen molar-refractivity contribution in [2.45, 2.75) is 19.3 Å². The van der Waals surface area contributed by atoms with Crippen molar-refractivity contribution in [2.24, 2.45) is 5.92 Å². The van der Waals surface area contributed by atoms with E-state index in [4.69, 9.17) is 4.74 Å². The molecule has 9 nitrogen and oxygen atoms in total. The number of aliphatic hydroxyl groups is 1. The second-order valence-corrected chi connectivity index (χ2v) is 9.78. The number of aromatic nitrogens is 2. The highest BCUT2D eigenvalue weighted by atomic mass is 19.1. The second-order valence-electron chi connectivity index (χ2n) is 9.78. The first kappa shape index (κ1) is 24.6. The van der Waals surface area contributed by atoms with Crippen LogP contribution in [0.15, 0.2) is 36.5 Å². The molecule has 1 amide bonds. The minimum atomic E-state index is -0.609. The Hall–Kier alpha value is -4.07. The zero-order valence-corrected chi connectivity index (χ0v) is 20.6. The molecule has 1 aromatic heterocycles. The number of rotatable bonds is 7. The maximum absolute atomic E-state index is 14.6. The van der Waals surface area contributed by atoms with Gasteiger partial charge in [-0.15, -0.1) is 0 Å². The van der Waals surface area contributed by atoms with Crippen molar-refractivity contribution in [3.05, 3.63) is 64.6 Å². The molecule has 2 aliphatic heterocycles. The van der Waals surface area contributed by atoms with Crippen LogP contribution in [-0.4, -0.2) is 53.9 Å². The normalized spacial score (nSPS) is 18.4. The van der Waals surface area contributed by atoms with E-state index in [-0.39, 0.29) is 24.0 Å². The predicted octanol–water partition coefficient (Wildman–Crippen LogP) is 3.26. The molecule has 0 spiro atoms. The van der Waals surface area contributed by atoms with Crippen LogP contribution in [0, 0.1) is 30.0 Å². The van der Waals surface area contributed by atoms with Gasteiger partial charge < -0.3 is 25.8 Å². The molecular weight excluding hydrogens is 475 g/mol. The lowest BCUT2D eigenvalue weighted by molar-refractivity contribution is -0.0298. The van der Waals surface area contributed by atoms with E-state index >= 15 is 0 Å². The summed E-state index contributed by atoms with van der Waals surface area (Å²) in [7, 11) is 0. The van der Waals surface area contributed by atoms with E-state index in [1.54, 1.807) is 25.3 Å². The summed E-state index contributed by atoms with van der Waals surface area (Å²) >= 11 is 0. The number of hydrogen-bond acceptors (Lipinski definition) is 8. The lowest BCUT2D eigenvalue weighted by atomic mass is 9.83. The smallest absolute Gasteiger partial charge is 0.254 e. The number of carbonyl (C=O) groups excluding carboxylic acids is 1. The maximum atomic E-state index is 14.6. The van der Waals surface area contributed by atoms with Gasteiger partial charge in [0.2, 0.25) is 5.95 Å². The topological polar surface area (TPSA) is 132 Å². The standard InChI is InChI=1S/C27H27FN6O3/c1-15-5-21(28)19(25(36)31-10-16-11-37-12-16)8-23(15)34-26-30-4-3-22(33-26)17-6-18(9-29)24-20(7-17)27(2,14-35)13-32-24/h3-8,16,32,35H,10-14H2,1-2H3,(H,31,36)(H,30,33,34)/t27-/m1/s1. The second kappa shape index (κ2) is 9.76. The Morgan fingerprint density at radius 1 is 1.35 bits per heavy atom. The third-order valence-corrected chi connectivity index (χ3v) is 6.93. The zero-order valence-electron chi connectivity index (χ0n) is 20.6. The number of nitrogens with zero attached hydrogens (tertiary/aromatic N) is 3. The molecule has 0 unspecified atom stereocenters. The molecule has 1 fully saturated rings. The fourth-order valence-corrected chi connectivity index (χ4v) is 4.48. The molecule has 3 heterocycles. The van der Waals surface area contributed by atoms with Crippen molar-refractivity contribution >= 4 is 23.2 Å². The predicted molar refractivity (Wildman–Crippen MR) is 136 cm³/mol. The van der Waals surface area contributed by atoms with Crippen molar-refractivity contribution in [3.63, 3.8) is 0 Å². The number of aliphatic hydroxyl groups excluding tert-OH is 1. The number of amides is 1. The van der Waals surface area contributed by atoms with Crippen LogP contribution in [0.1, 0.15) is 34.0 Å². The Bertz CT molecular complexity index is 1420. The highest BCUT2D eigenvalue weighted by Crippen LogP contribution is 2.41. The van der Waals surface area contributed by atoms with Crippen LogP contribution >= 0.6 is 0 Å². The maximum Gasteiger partial charge on any atom is 0.254 e. The van der Waals surface area contributed by atoms with Gasteiger partial charge in [-0.3, -0.25) is 4.79 Å². The first-order chi connectivity index (χ1) is 17.8. The van der Waals surface area contributed by atoms with E-state index in [0.717, 1.165) is 11.3 Å². The fourth-order valence-electron chi connectivity index (χ4n) is 4.48. The number of carbonyl (C=O) groups is 1. The van der Waals surface area contributed by atoms with Gasteiger partial charge in [0.15, 0.2) is 0 Å². The third-order valence-electron chi connectivity index (χ3n) is 6.93. The molecule has 10 heteroatoms. The van der Waals surface area contributed by atoms with E-state index in [1.807, 2.05) is 13.0 Å². The molecule has 0 radical (unpaired) electrons. The molecule has 1 saturated heterocycles. The third kappa shape index (κ3) is 4.71. The monoisotopic (exact) mass is 502 g/mol. The van der Waals surface area contributed by atoms with Crippen LogP contribution in [0.2, 0.25) is 0 Å². The van der Waals surface area contributed by atoms with Crippen LogP contribution in [0.25, 0.3) is 11.3 Å². The Morgan fingerprint density at radius 2 is 2.16 bits per heavy atom. The molecule has 0 aliphatic carbocycles. The summed E-state index contributed by atoms with van der Waals surface area (Å²) in [6.07, 6.45) is 1.58. The first-order valence-corrected chi connectivity index (χ1v) is 12.0. The summed E-state index contributed by atoms with van der Waals surface area (Å²) in [5, 5.41) is 28.8. The fraction of sp³-hybridized carbons (Fsp3) is 0.333. The summed E-state index contributed by atoms with van der Waals surface area (Å²) < 4.78 is 19.7. The number of fused-ring (bicyclic) bond motifs is 1. The molecule has 190 valence electrons. The van der Waals surface area contributed by atoms with Crippen LogP contribution in [-0.2, 0) is 10.2 Å². The first-order valence-electron chi connectivity index (χ1n) is 12.0. The number of anilines is 3. The molecule has 4 N–H and O–H groups in total. The van der Waals surface area contributed by atoms with E-state index in [0.29, 0.717) is 54.4 Å². The van der Waals surface area contributed by atoms with Gasteiger partial charge in [-0.05, 0) is 48.4 Å². The summed E-state index contributed by atoms with van der Waals surface area (Å²) in [4.78, 5) is 21.5. The van der Waals surface area contributed by atoms with Gasteiger partial charge in [0, 0.05) is 41.9 Å². The van der Waals surface area contributed by atoms with Crippen molar-refractivity contribution in [2.75, 3.05) is 43.5 Å². The van der Waals surface area contributed by atoms with Gasteiger partial charge in [-0.25, -0.2) is 14.4 Å². The summed E-state index contributed by atoms with van der Waals surface area (Å²) in [6, 6.07) is 10.4. The lowest BCUT2D eigenvalue weighted by Crippen LogP contribution is -2.39. The van der Waals surface area contributed by atoms with Gasteiger partial charge in [0.1, 0.15) is 11.9 Å². The highest BCUT2D eigenvalue weighted by Gasteiger charge is 2.36. The SMILES string of the molecule is Cc1cc(F)c(C(=O)NCC2COC2)cc1Nc1nccc(-c2cc(C#N)c3c(c2)[C@@](C)(CO)CN3)n1. The number of nitrogens with one attached hydrogen (secondary N) is 3. The summed E-state index contributed by atoms with van der Waals surface area (Å²) in [6.45, 7) is 5.74. The molecule has 0 saturated carbocycles. The van der Waals surface area contributed by atoms with Gasteiger partial charge in [0.05, 0.1) is 42.3 Å². The Morgan fingerprint density at radius 3 is 2.86 bits per heavy atom. The number of halogens is 1. The number of nitriles is 1. The zero-order chi connectivity index (χ0) is 26.2. The quantitative estimate of drug-likeness (QED) is 0.387. The number of benzene rings is 2. The van der Waals surface area contributed by atoms with Gasteiger partial charge >= 0.3 is 0 Å². The molecule has 5 rings (SSSR count). The molecule has 37 heavy (non-hydrogen) atoms. The average molecular weight is 503 g/mol. The molecule has 3 aromatic rings. The van der Waals surface area contributed by atoms with Crippen molar-refractivity contribution in [1.29, 1.82) is 5.26 Å². The van der Waals surface area contributed by atoms with Crippen LogP contribution in [0.4, 0.5) is 21.7 Å². The Labute approximate surface area is 213 Å². The van der Waals surface area contributed by atoms with Crippen molar-refractivity contribution < 1.29 is 19.0 Å². The minimum Gasteiger partial charge on any atom is -0.395 e. The van der Waals surface area contributed by atoms with E-state index in [2.05, 4.69) is 32.0 Å². The summed E-state index contributed by atoms with van der Waals surface area (Å²) in [5.74, 6) is -0.599. The number of ether oxygens (including phenoxy) is 1. The molecule has 2 aliphatic rings. The average Bonchev–Trinajstić information content (AvgIpc) is 3.21. The summed E-state index contributed by atoms with van der Waals surface area (Å²) in [5.41, 5.74) is 3.84. The minimum absolute atomic E-state index is 0.0634. The van der Waals surface area contributed by atoms with Crippen molar-refractivity contribution in [1.82, 2.24) is 15.3 Å². The van der Waals surface area contributed by atoms with Gasteiger partial charge in [0.25, 0.3) is 5.91 Å². The van der Waals surface area contributed by atoms with Crippen LogP contribution in [0.3, 0.4) is 0 Å². The van der Waals surface area contributed by atoms with Crippen molar-refractivity contribution in [3.8, 4) is 17.3 Å². The Balaban J connectivity index is 1.43. The van der Waals surface area contributed by atoms with Crippen LogP contribution in [0.5, 0.6) is 0 Å². The Kier molecular flexibility index (Phi) is 6.50. The molecule has 0 bridgehead atoms. The number of aryl methyl sites for hydroxylation is 1. The molecular formula is C27H27FN6O3. The van der Waals surface area contributed by atoms with Crippen LogP contribution < -0.4 is 16.0 Å². The molecule has 2 aromatic carbocycles. The van der Waals surface area contributed by atoms with Gasteiger partial charge in [-0.1, -0.05) is 6.92 Å². The van der Waals surface area contributed by atoms with E-state index < -0.39 is 17.1 Å².